The minimum Gasteiger partial charge on any atom is -0.370 e. The molecule has 1 unspecified atom stereocenters. The maximum absolute atomic E-state index is 3.32. The summed E-state index contributed by atoms with van der Waals surface area (Å²) in [6.45, 7) is 8.16. The Morgan fingerprint density at radius 1 is 1.20 bits per heavy atom. The van der Waals surface area contributed by atoms with E-state index in [1.807, 2.05) is 7.05 Å². The predicted molar refractivity (Wildman–Crippen MR) is 85.4 cm³/mol. The van der Waals surface area contributed by atoms with E-state index in [9.17, 15) is 0 Å². The lowest BCUT2D eigenvalue weighted by molar-refractivity contribution is 0.273. The van der Waals surface area contributed by atoms with Crippen LogP contribution in [0.1, 0.15) is 30.4 Å². The molecule has 2 saturated heterocycles. The normalized spacial score (nSPS) is 23.7. The van der Waals surface area contributed by atoms with Crippen LogP contribution in [-0.4, -0.2) is 44.2 Å². The fraction of sp³-hybridized carbons (Fsp3) is 0.647. The second-order valence-electron chi connectivity index (χ2n) is 6.29. The third-order valence-electron chi connectivity index (χ3n) is 4.75. The Balaban J connectivity index is 1.83. The zero-order chi connectivity index (χ0) is 13.9. The van der Waals surface area contributed by atoms with Crippen LogP contribution in [0, 0.1) is 6.92 Å². The van der Waals surface area contributed by atoms with Gasteiger partial charge in [-0.3, -0.25) is 4.90 Å². The van der Waals surface area contributed by atoms with Gasteiger partial charge in [-0.25, -0.2) is 0 Å². The Hall–Kier alpha value is -1.06. The van der Waals surface area contributed by atoms with Gasteiger partial charge in [-0.15, -0.1) is 0 Å². The van der Waals surface area contributed by atoms with E-state index in [4.69, 9.17) is 0 Å². The second kappa shape index (κ2) is 6.15. The van der Waals surface area contributed by atoms with Crippen molar-refractivity contribution >= 4 is 5.69 Å². The quantitative estimate of drug-likeness (QED) is 0.912. The summed E-state index contributed by atoms with van der Waals surface area (Å²) in [6, 6.07) is 7.70. The fourth-order valence-corrected chi connectivity index (χ4v) is 3.78. The van der Waals surface area contributed by atoms with Crippen molar-refractivity contribution in [3.8, 4) is 0 Å². The molecule has 3 rings (SSSR count). The van der Waals surface area contributed by atoms with Crippen molar-refractivity contribution in [3.05, 3.63) is 29.3 Å². The number of aryl methyl sites for hydroxylation is 1. The first-order valence-electron chi connectivity index (χ1n) is 8.01. The Morgan fingerprint density at radius 2 is 2.05 bits per heavy atom. The van der Waals surface area contributed by atoms with E-state index in [2.05, 4.69) is 40.2 Å². The monoisotopic (exact) mass is 273 g/mol. The highest BCUT2D eigenvalue weighted by Gasteiger charge is 2.29. The SMILES string of the molecule is CNCc1cc(C)ccc1N1CCCN2CCCC2C1. The Morgan fingerprint density at radius 3 is 2.90 bits per heavy atom. The highest BCUT2D eigenvalue weighted by Crippen LogP contribution is 2.28. The number of hydrogen-bond acceptors (Lipinski definition) is 3. The van der Waals surface area contributed by atoms with Gasteiger partial charge < -0.3 is 10.2 Å². The van der Waals surface area contributed by atoms with Gasteiger partial charge in [-0.2, -0.15) is 0 Å². The summed E-state index contributed by atoms with van der Waals surface area (Å²) in [5.74, 6) is 0. The lowest BCUT2D eigenvalue weighted by Gasteiger charge is -2.29. The summed E-state index contributed by atoms with van der Waals surface area (Å²) in [7, 11) is 2.03. The van der Waals surface area contributed by atoms with Crippen molar-refractivity contribution in [3.63, 3.8) is 0 Å². The topological polar surface area (TPSA) is 18.5 Å². The molecule has 2 aliphatic rings. The van der Waals surface area contributed by atoms with E-state index in [0.717, 1.165) is 12.6 Å². The van der Waals surface area contributed by atoms with Gasteiger partial charge in [0.05, 0.1) is 0 Å². The average molecular weight is 273 g/mol. The molecule has 1 aromatic rings. The number of fused-ring (bicyclic) bond motifs is 1. The van der Waals surface area contributed by atoms with Gasteiger partial charge in [0, 0.05) is 37.9 Å². The van der Waals surface area contributed by atoms with Crippen molar-refractivity contribution in [1.82, 2.24) is 10.2 Å². The molecule has 1 atom stereocenters. The molecule has 0 spiro atoms. The van der Waals surface area contributed by atoms with Crippen molar-refractivity contribution in [2.24, 2.45) is 0 Å². The minimum absolute atomic E-state index is 0.779. The van der Waals surface area contributed by atoms with Gasteiger partial charge in [-0.05, 0) is 51.4 Å². The molecule has 1 N–H and O–H groups in total. The Kier molecular flexibility index (Phi) is 4.27. The smallest absolute Gasteiger partial charge is 0.0412 e. The number of nitrogens with one attached hydrogen (secondary N) is 1. The summed E-state index contributed by atoms with van der Waals surface area (Å²) in [5.41, 5.74) is 4.24. The number of benzene rings is 1. The molecular weight excluding hydrogens is 246 g/mol. The molecule has 0 bridgehead atoms. The largest absolute Gasteiger partial charge is 0.370 e. The number of anilines is 1. The van der Waals surface area contributed by atoms with Crippen LogP contribution in [-0.2, 0) is 6.54 Å². The highest BCUT2D eigenvalue weighted by molar-refractivity contribution is 5.55. The van der Waals surface area contributed by atoms with Crippen LogP contribution in [0.3, 0.4) is 0 Å². The highest BCUT2D eigenvalue weighted by atomic mass is 15.3. The van der Waals surface area contributed by atoms with E-state index in [1.54, 1.807) is 0 Å². The maximum Gasteiger partial charge on any atom is 0.0412 e. The second-order valence-corrected chi connectivity index (χ2v) is 6.29. The number of rotatable bonds is 3. The summed E-state index contributed by atoms with van der Waals surface area (Å²) in [6.07, 6.45) is 4.06. The van der Waals surface area contributed by atoms with Crippen LogP contribution < -0.4 is 10.2 Å². The van der Waals surface area contributed by atoms with Crippen LogP contribution >= 0.6 is 0 Å². The molecule has 2 aliphatic heterocycles. The number of nitrogens with zero attached hydrogens (tertiary/aromatic N) is 2. The van der Waals surface area contributed by atoms with E-state index in [1.165, 1.54) is 62.3 Å². The zero-order valence-electron chi connectivity index (χ0n) is 12.9. The molecule has 1 aromatic carbocycles. The lowest BCUT2D eigenvalue weighted by atomic mass is 10.1. The fourth-order valence-electron chi connectivity index (χ4n) is 3.78. The summed E-state index contributed by atoms with van der Waals surface area (Å²) in [4.78, 5) is 5.33. The molecule has 3 nitrogen and oxygen atoms in total. The molecule has 0 aromatic heterocycles. The number of hydrogen-bond donors (Lipinski definition) is 1. The third-order valence-corrected chi connectivity index (χ3v) is 4.75. The van der Waals surface area contributed by atoms with Gasteiger partial charge in [0.25, 0.3) is 0 Å². The summed E-state index contributed by atoms with van der Waals surface area (Å²) < 4.78 is 0. The van der Waals surface area contributed by atoms with Gasteiger partial charge in [0.15, 0.2) is 0 Å². The van der Waals surface area contributed by atoms with Crippen LogP contribution in [0.25, 0.3) is 0 Å². The van der Waals surface area contributed by atoms with Gasteiger partial charge in [-0.1, -0.05) is 17.7 Å². The Bertz CT molecular complexity index is 458. The standard InChI is InChI=1S/C17H27N3/c1-14-6-7-17(15(11-14)12-18-2)20-10-4-9-19-8-3-5-16(19)13-20/h6-7,11,16,18H,3-5,8-10,12-13H2,1-2H3. The summed E-state index contributed by atoms with van der Waals surface area (Å²) >= 11 is 0. The van der Waals surface area contributed by atoms with Crippen LogP contribution in [0.5, 0.6) is 0 Å². The molecule has 0 aliphatic carbocycles. The lowest BCUT2D eigenvalue weighted by Crippen LogP contribution is -2.37. The van der Waals surface area contributed by atoms with Crippen molar-refractivity contribution < 1.29 is 0 Å². The molecule has 2 heterocycles. The molecule has 0 amide bonds. The molecule has 3 heteroatoms. The van der Waals surface area contributed by atoms with E-state index in [-0.39, 0.29) is 0 Å². The van der Waals surface area contributed by atoms with Crippen molar-refractivity contribution in [2.45, 2.75) is 38.8 Å². The molecule has 0 radical (unpaired) electrons. The van der Waals surface area contributed by atoms with E-state index >= 15 is 0 Å². The zero-order valence-corrected chi connectivity index (χ0v) is 12.9. The molecular formula is C17H27N3. The van der Waals surface area contributed by atoms with Crippen molar-refractivity contribution in [2.75, 3.05) is 38.1 Å². The van der Waals surface area contributed by atoms with Crippen LogP contribution in [0.15, 0.2) is 18.2 Å². The summed E-state index contributed by atoms with van der Waals surface area (Å²) in [5, 5.41) is 3.32. The Labute approximate surface area is 123 Å². The first-order chi connectivity index (χ1) is 9.78. The van der Waals surface area contributed by atoms with Crippen LogP contribution in [0.2, 0.25) is 0 Å². The van der Waals surface area contributed by atoms with Gasteiger partial charge in [0.2, 0.25) is 0 Å². The predicted octanol–water partition coefficient (Wildman–Crippen LogP) is 2.39. The van der Waals surface area contributed by atoms with E-state index in [0.29, 0.717) is 0 Å². The maximum atomic E-state index is 3.32. The molecule has 20 heavy (non-hydrogen) atoms. The molecule has 0 saturated carbocycles. The van der Waals surface area contributed by atoms with Crippen molar-refractivity contribution in [1.29, 1.82) is 0 Å². The average Bonchev–Trinajstić information content (AvgIpc) is 2.77. The van der Waals surface area contributed by atoms with Crippen LogP contribution in [0.4, 0.5) is 5.69 Å². The first-order valence-corrected chi connectivity index (χ1v) is 8.01. The molecule has 110 valence electrons. The molecule has 2 fully saturated rings. The first kappa shape index (κ1) is 13.9. The third kappa shape index (κ3) is 2.84. The van der Waals surface area contributed by atoms with Gasteiger partial charge in [0.1, 0.15) is 0 Å². The minimum atomic E-state index is 0.779. The van der Waals surface area contributed by atoms with Gasteiger partial charge >= 0.3 is 0 Å². The van der Waals surface area contributed by atoms with E-state index < -0.39 is 0 Å².